The molecule has 5 rings (SSSR count). The van der Waals surface area contributed by atoms with Crippen molar-refractivity contribution in [2.24, 2.45) is 23.2 Å². The number of alkyl halides is 2. The van der Waals surface area contributed by atoms with Crippen LogP contribution in [0.4, 0.5) is 8.78 Å². The SMILES string of the molecule is CCC(NC(=O)c1cc(Br)ccc1OC(F)F)C12CC3CC(CC(C3)C1)C2. The number of hydrogen-bond donors (Lipinski definition) is 1. The van der Waals surface area contributed by atoms with Crippen molar-refractivity contribution in [1.82, 2.24) is 5.32 Å². The standard InChI is InChI=1S/C21H26BrF2NO2/c1-2-18(21-9-12-5-13(10-21)7-14(6-12)11-21)25-19(26)16-8-15(22)3-4-17(16)27-20(23)24/h3-4,8,12-14,18,20H,2,5-7,9-11H2,1H3,(H,25,26). The molecule has 4 bridgehead atoms. The highest BCUT2D eigenvalue weighted by Crippen LogP contribution is 2.61. The molecule has 148 valence electrons. The molecule has 4 saturated carbocycles. The lowest BCUT2D eigenvalue weighted by Gasteiger charge is -2.59. The van der Waals surface area contributed by atoms with Gasteiger partial charge in [-0.2, -0.15) is 8.78 Å². The van der Waals surface area contributed by atoms with Gasteiger partial charge in [-0.1, -0.05) is 22.9 Å². The summed E-state index contributed by atoms with van der Waals surface area (Å²) < 4.78 is 30.7. The minimum atomic E-state index is -2.96. The molecule has 27 heavy (non-hydrogen) atoms. The van der Waals surface area contributed by atoms with Gasteiger partial charge in [-0.15, -0.1) is 0 Å². The normalized spacial score (nSPS) is 32.6. The van der Waals surface area contributed by atoms with Crippen molar-refractivity contribution >= 4 is 21.8 Å². The van der Waals surface area contributed by atoms with E-state index in [9.17, 15) is 13.6 Å². The van der Waals surface area contributed by atoms with Crippen molar-refractivity contribution in [2.75, 3.05) is 0 Å². The van der Waals surface area contributed by atoms with E-state index in [2.05, 4.69) is 32.9 Å². The first-order valence-corrected chi connectivity index (χ1v) is 10.7. The van der Waals surface area contributed by atoms with Crippen LogP contribution in [-0.2, 0) is 0 Å². The van der Waals surface area contributed by atoms with E-state index in [-0.39, 0.29) is 28.7 Å². The average Bonchev–Trinajstić information content (AvgIpc) is 2.59. The monoisotopic (exact) mass is 441 g/mol. The maximum atomic E-state index is 13.0. The largest absolute Gasteiger partial charge is 0.434 e. The second-order valence-corrected chi connectivity index (χ2v) is 9.65. The molecule has 1 N–H and O–H groups in total. The molecule has 0 aliphatic heterocycles. The van der Waals surface area contributed by atoms with Crippen molar-refractivity contribution < 1.29 is 18.3 Å². The Morgan fingerprint density at radius 2 is 1.81 bits per heavy atom. The van der Waals surface area contributed by atoms with Crippen LogP contribution in [0.1, 0.15) is 62.2 Å². The highest BCUT2D eigenvalue weighted by Gasteiger charge is 2.54. The van der Waals surface area contributed by atoms with Crippen LogP contribution in [0.2, 0.25) is 0 Å². The molecular weight excluding hydrogens is 416 g/mol. The highest BCUT2D eigenvalue weighted by atomic mass is 79.9. The highest BCUT2D eigenvalue weighted by molar-refractivity contribution is 9.10. The molecule has 0 heterocycles. The zero-order valence-corrected chi connectivity index (χ0v) is 17.1. The van der Waals surface area contributed by atoms with Gasteiger partial charge in [-0.3, -0.25) is 4.79 Å². The molecule has 0 spiro atoms. The zero-order chi connectivity index (χ0) is 19.2. The van der Waals surface area contributed by atoms with Crippen LogP contribution in [-0.4, -0.2) is 18.6 Å². The van der Waals surface area contributed by atoms with Crippen molar-refractivity contribution in [1.29, 1.82) is 0 Å². The Morgan fingerprint density at radius 3 is 2.33 bits per heavy atom. The third-order valence-corrected chi connectivity index (χ3v) is 7.43. The maximum absolute atomic E-state index is 13.0. The molecule has 0 aromatic heterocycles. The zero-order valence-electron chi connectivity index (χ0n) is 15.5. The van der Waals surface area contributed by atoms with E-state index in [1.165, 1.54) is 44.6 Å². The molecule has 6 heteroatoms. The van der Waals surface area contributed by atoms with E-state index in [4.69, 9.17) is 0 Å². The van der Waals surface area contributed by atoms with Gasteiger partial charge in [0.1, 0.15) is 5.75 Å². The molecule has 1 amide bonds. The first kappa shape index (κ1) is 19.2. The lowest BCUT2D eigenvalue weighted by atomic mass is 9.47. The minimum Gasteiger partial charge on any atom is -0.434 e. The summed E-state index contributed by atoms with van der Waals surface area (Å²) >= 11 is 3.32. The number of carbonyl (C=O) groups excluding carboxylic acids is 1. The first-order chi connectivity index (χ1) is 12.9. The van der Waals surface area contributed by atoms with E-state index < -0.39 is 6.61 Å². The number of ether oxygens (including phenoxy) is 1. The predicted molar refractivity (Wildman–Crippen MR) is 103 cm³/mol. The van der Waals surface area contributed by atoms with Gasteiger partial charge in [0.05, 0.1) is 5.56 Å². The average molecular weight is 442 g/mol. The third kappa shape index (κ3) is 3.74. The fraction of sp³-hybridized carbons (Fsp3) is 0.667. The Hall–Kier alpha value is -1.17. The number of hydrogen-bond acceptors (Lipinski definition) is 2. The van der Waals surface area contributed by atoms with Gasteiger partial charge in [0.25, 0.3) is 5.91 Å². The summed E-state index contributed by atoms with van der Waals surface area (Å²) in [5.41, 5.74) is 0.336. The number of benzene rings is 1. The van der Waals surface area contributed by atoms with E-state index in [1.807, 2.05) is 0 Å². The van der Waals surface area contributed by atoms with Crippen LogP contribution >= 0.6 is 15.9 Å². The van der Waals surface area contributed by atoms with Gasteiger partial charge in [0.15, 0.2) is 0 Å². The summed E-state index contributed by atoms with van der Waals surface area (Å²) in [6.07, 6.45) is 8.48. The Kier molecular flexibility index (Phi) is 5.21. The summed E-state index contributed by atoms with van der Waals surface area (Å²) in [5.74, 6) is 1.99. The van der Waals surface area contributed by atoms with E-state index in [1.54, 1.807) is 12.1 Å². The molecule has 3 nitrogen and oxygen atoms in total. The Bertz CT molecular complexity index is 689. The van der Waals surface area contributed by atoms with E-state index in [0.717, 1.165) is 24.2 Å². The molecular formula is C21H26BrF2NO2. The molecule has 1 unspecified atom stereocenters. The molecule has 4 aliphatic rings. The number of amides is 1. The lowest BCUT2D eigenvalue weighted by molar-refractivity contribution is -0.0728. The summed E-state index contributed by atoms with van der Waals surface area (Å²) in [6.45, 7) is -0.844. The van der Waals surface area contributed by atoms with Gasteiger partial charge < -0.3 is 10.1 Å². The molecule has 0 radical (unpaired) electrons. The van der Waals surface area contributed by atoms with Gasteiger partial charge in [-0.05, 0) is 86.3 Å². The predicted octanol–water partition coefficient (Wildman–Crippen LogP) is 5.78. The van der Waals surface area contributed by atoms with E-state index >= 15 is 0 Å². The van der Waals surface area contributed by atoms with Gasteiger partial charge in [0, 0.05) is 10.5 Å². The number of rotatable bonds is 6. The molecule has 1 aromatic rings. The molecule has 4 aliphatic carbocycles. The van der Waals surface area contributed by atoms with Crippen LogP contribution < -0.4 is 10.1 Å². The van der Waals surface area contributed by atoms with Crippen LogP contribution in [0.25, 0.3) is 0 Å². The number of nitrogens with one attached hydrogen (secondary N) is 1. The smallest absolute Gasteiger partial charge is 0.387 e. The van der Waals surface area contributed by atoms with Crippen LogP contribution in [0.3, 0.4) is 0 Å². The molecule has 0 saturated heterocycles. The molecule has 1 atom stereocenters. The summed E-state index contributed by atoms with van der Waals surface area (Å²) in [4.78, 5) is 13.0. The third-order valence-electron chi connectivity index (χ3n) is 6.94. The summed E-state index contributed by atoms with van der Waals surface area (Å²) in [6, 6.07) is 4.65. The topological polar surface area (TPSA) is 38.3 Å². The van der Waals surface area contributed by atoms with Crippen molar-refractivity contribution in [3.05, 3.63) is 28.2 Å². The van der Waals surface area contributed by atoms with Crippen molar-refractivity contribution in [2.45, 2.75) is 64.5 Å². The van der Waals surface area contributed by atoms with Crippen LogP contribution in [0.5, 0.6) is 5.75 Å². The number of carbonyl (C=O) groups is 1. The Morgan fingerprint density at radius 1 is 1.22 bits per heavy atom. The quantitative estimate of drug-likeness (QED) is 0.607. The van der Waals surface area contributed by atoms with Crippen LogP contribution in [0.15, 0.2) is 22.7 Å². The number of halogens is 3. The minimum absolute atomic E-state index is 0.0777. The van der Waals surface area contributed by atoms with Gasteiger partial charge >= 0.3 is 6.61 Å². The fourth-order valence-electron chi connectivity index (χ4n) is 6.41. The van der Waals surface area contributed by atoms with Gasteiger partial charge in [0.2, 0.25) is 0 Å². The fourth-order valence-corrected chi connectivity index (χ4v) is 6.77. The summed E-state index contributed by atoms with van der Waals surface area (Å²) in [7, 11) is 0. The van der Waals surface area contributed by atoms with Gasteiger partial charge in [-0.25, -0.2) is 0 Å². The maximum Gasteiger partial charge on any atom is 0.387 e. The second kappa shape index (κ2) is 7.34. The Labute approximate surface area is 167 Å². The van der Waals surface area contributed by atoms with E-state index in [0.29, 0.717) is 4.47 Å². The first-order valence-electron chi connectivity index (χ1n) is 9.94. The molecule has 1 aromatic carbocycles. The lowest BCUT2D eigenvalue weighted by Crippen LogP contribution is -2.56. The van der Waals surface area contributed by atoms with Crippen molar-refractivity contribution in [3.63, 3.8) is 0 Å². The summed E-state index contributed by atoms with van der Waals surface area (Å²) in [5, 5.41) is 3.20. The van der Waals surface area contributed by atoms with Crippen molar-refractivity contribution in [3.8, 4) is 5.75 Å². The van der Waals surface area contributed by atoms with Crippen LogP contribution in [0, 0.1) is 23.2 Å². The second-order valence-electron chi connectivity index (χ2n) is 8.73. The molecule has 4 fully saturated rings. The Balaban J connectivity index is 1.56.